The Morgan fingerprint density at radius 3 is 2.30 bits per heavy atom. The average Bonchev–Trinajstić information content (AvgIpc) is 2.68. The summed E-state index contributed by atoms with van der Waals surface area (Å²) >= 11 is 0. The normalized spacial score (nSPS) is 10.8. The number of unbranched alkanes of at least 4 members (excludes halogenated alkanes) is 1. The summed E-state index contributed by atoms with van der Waals surface area (Å²) in [6, 6.07) is 6.35. The molecule has 0 saturated heterocycles. The van der Waals surface area contributed by atoms with Gasteiger partial charge in [0.2, 0.25) is 0 Å². The minimum Gasteiger partial charge on any atom is -0.494 e. The van der Waals surface area contributed by atoms with Gasteiger partial charge in [-0.2, -0.15) is 5.10 Å². The third-order valence-corrected chi connectivity index (χ3v) is 3.57. The van der Waals surface area contributed by atoms with Gasteiger partial charge in [-0.05, 0) is 75.8 Å². The first-order valence-electron chi connectivity index (χ1n) is 7.28. The van der Waals surface area contributed by atoms with Crippen LogP contribution in [0.1, 0.15) is 40.9 Å². The highest BCUT2D eigenvalue weighted by molar-refractivity contribution is 5.32. The third kappa shape index (κ3) is 3.86. The number of nitrogens with one attached hydrogen (secondary N) is 1. The van der Waals surface area contributed by atoms with Crippen molar-refractivity contribution in [1.29, 1.82) is 0 Å². The lowest BCUT2D eigenvalue weighted by atomic mass is 10.1. The SMILES string of the molecule is Cc1cc(C)cc(OCCCCc2c(C)n[nH]c2C)c1. The lowest BCUT2D eigenvalue weighted by Crippen LogP contribution is -1.99. The van der Waals surface area contributed by atoms with Crippen LogP contribution in [0, 0.1) is 27.7 Å². The van der Waals surface area contributed by atoms with Crippen LogP contribution in [0.15, 0.2) is 18.2 Å². The van der Waals surface area contributed by atoms with Gasteiger partial charge in [-0.15, -0.1) is 0 Å². The zero-order valence-corrected chi connectivity index (χ0v) is 12.9. The van der Waals surface area contributed by atoms with E-state index >= 15 is 0 Å². The second kappa shape index (κ2) is 6.60. The average molecular weight is 272 g/mol. The molecule has 3 nitrogen and oxygen atoms in total. The predicted molar refractivity (Wildman–Crippen MR) is 82.4 cm³/mol. The summed E-state index contributed by atoms with van der Waals surface area (Å²) < 4.78 is 5.82. The number of hydrogen-bond acceptors (Lipinski definition) is 2. The van der Waals surface area contributed by atoms with Crippen LogP contribution in [0.3, 0.4) is 0 Å². The molecule has 0 spiro atoms. The van der Waals surface area contributed by atoms with Crippen LogP contribution >= 0.6 is 0 Å². The van der Waals surface area contributed by atoms with Crippen LogP contribution in [0.4, 0.5) is 0 Å². The molecule has 0 unspecified atom stereocenters. The number of aromatic amines is 1. The van der Waals surface area contributed by atoms with Crippen molar-refractivity contribution in [3.8, 4) is 5.75 Å². The van der Waals surface area contributed by atoms with Crippen molar-refractivity contribution in [2.75, 3.05) is 6.61 Å². The number of benzene rings is 1. The molecule has 2 aromatic rings. The van der Waals surface area contributed by atoms with E-state index in [2.05, 4.69) is 56.1 Å². The smallest absolute Gasteiger partial charge is 0.119 e. The Bertz CT molecular complexity index is 533. The van der Waals surface area contributed by atoms with Crippen LogP contribution in [-0.4, -0.2) is 16.8 Å². The van der Waals surface area contributed by atoms with Gasteiger partial charge in [0.25, 0.3) is 0 Å². The molecule has 0 saturated carbocycles. The number of aromatic nitrogens is 2. The number of aryl methyl sites for hydroxylation is 4. The molecule has 1 N–H and O–H groups in total. The summed E-state index contributed by atoms with van der Waals surface area (Å²) in [5, 5.41) is 7.26. The van der Waals surface area contributed by atoms with Crippen molar-refractivity contribution in [2.24, 2.45) is 0 Å². The molecule has 0 fully saturated rings. The second-order valence-electron chi connectivity index (χ2n) is 5.54. The molecule has 1 heterocycles. The maximum Gasteiger partial charge on any atom is 0.119 e. The quantitative estimate of drug-likeness (QED) is 0.806. The van der Waals surface area contributed by atoms with Gasteiger partial charge in [0.05, 0.1) is 12.3 Å². The highest BCUT2D eigenvalue weighted by Gasteiger charge is 2.05. The van der Waals surface area contributed by atoms with Crippen molar-refractivity contribution in [3.63, 3.8) is 0 Å². The van der Waals surface area contributed by atoms with Crippen LogP contribution < -0.4 is 4.74 Å². The van der Waals surface area contributed by atoms with Crippen molar-refractivity contribution in [1.82, 2.24) is 10.2 Å². The maximum absolute atomic E-state index is 5.82. The topological polar surface area (TPSA) is 37.9 Å². The van der Waals surface area contributed by atoms with Gasteiger partial charge in [-0.1, -0.05) is 6.07 Å². The van der Waals surface area contributed by atoms with Crippen molar-refractivity contribution < 1.29 is 4.74 Å². The Labute approximate surface area is 121 Å². The van der Waals surface area contributed by atoms with E-state index in [9.17, 15) is 0 Å². The van der Waals surface area contributed by atoms with Crippen LogP contribution in [-0.2, 0) is 6.42 Å². The maximum atomic E-state index is 5.82. The first-order chi connectivity index (χ1) is 9.56. The van der Waals surface area contributed by atoms with Crippen molar-refractivity contribution >= 4 is 0 Å². The molecule has 2 rings (SSSR count). The van der Waals surface area contributed by atoms with Gasteiger partial charge in [0, 0.05) is 5.69 Å². The molecular weight excluding hydrogens is 248 g/mol. The molecule has 0 atom stereocenters. The van der Waals surface area contributed by atoms with Crippen molar-refractivity contribution in [2.45, 2.75) is 47.0 Å². The van der Waals surface area contributed by atoms with E-state index in [1.807, 2.05) is 0 Å². The van der Waals surface area contributed by atoms with Gasteiger partial charge in [0.15, 0.2) is 0 Å². The lowest BCUT2D eigenvalue weighted by Gasteiger charge is -2.08. The lowest BCUT2D eigenvalue weighted by molar-refractivity contribution is 0.306. The number of rotatable bonds is 6. The van der Waals surface area contributed by atoms with Crippen molar-refractivity contribution in [3.05, 3.63) is 46.3 Å². The van der Waals surface area contributed by atoms with Gasteiger partial charge in [-0.3, -0.25) is 5.10 Å². The highest BCUT2D eigenvalue weighted by atomic mass is 16.5. The molecule has 0 aliphatic rings. The van der Waals surface area contributed by atoms with Gasteiger partial charge in [0.1, 0.15) is 5.75 Å². The van der Waals surface area contributed by atoms with Crippen LogP contribution in [0.2, 0.25) is 0 Å². The summed E-state index contributed by atoms with van der Waals surface area (Å²) in [4.78, 5) is 0. The Morgan fingerprint density at radius 2 is 1.70 bits per heavy atom. The second-order valence-corrected chi connectivity index (χ2v) is 5.54. The van der Waals surface area contributed by atoms with E-state index < -0.39 is 0 Å². The standard InChI is InChI=1S/C17H24N2O/c1-12-9-13(2)11-16(10-12)20-8-6-5-7-17-14(3)18-19-15(17)4/h9-11H,5-8H2,1-4H3,(H,18,19). The van der Waals surface area contributed by atoms with E-state index in [4.69, 9.17) is 4.74 Å². The Kier molecular flexibility index (Phi) is 4.83. The van der Waals surface area contributed by atoms with Gasteiger partial charge in [-0.25, -0.2) is 0 Å². The zero-order chi connectivity index (χ0) is 14.5. The Balaban J connectivity index is 1.74. The minimum absolute atomic E-state index is 0.777. The number of nitrogens with zero attached hydrogens (tertiary/aromatic N) is 1. The minimum atomic E-state index is 0.777. The molecule has 0 radical (unpaired) electrons. The van der Waals surface area contributed by atoms with Crippen LogP contribution in [0.5, 0.6) is 5.75 Å². The molecule has 20 heavy (non-hydrogen) atoms. The number of hydrogen-bond donors (Lipinski definition) is 1. The molecule has 0 bridgehead atoms. The largest absolute Gasteiger partial charge is 0.494 e. The fraction of sp³-hybridized carbons (Fsp3) is 0.471. The van der Waals surface area contributed by atoms with E-state index in [0.717, 1.165) is 37.3 Å². The fourth-order valence-electron chi connectivity index (χ4n) is 2.55. The van der Waals surface area contributed by atoms with E-state index in [1.54, 1.807) is 0 Å². The Morgan fingerprint density at radius 1 is 1.00 bits per heavy atom. The highest BCUT2D eigenvalue weighted by Crippen LogP contribution is 2.17. The summed E-state index contributed by atoms with van der Waals surface area (Å²) in [6.45, 7) is 9.12. The molecule has 0 aliphatic heterocycles. The van der Waals surface area contributed by atoms with E-state index in [1.165, 1.54) is 22.4 Å². The summed E-state index contributed by atoms with van der Waals surface area (Å²) in [6.07, 6.45) is 3.27. The molecule has 1 aromatic carbocycles. The molecule has 3 heteroatoms. The number of ether oxygens (including phenoxy) is 1. The molecule has 1 aromatic heterocycles. The monoisotopic (exact) mass is 272 g/mol. The third-order valence-electron chi connectivity index (χ3n) is 3.57. The van der Waals surface area contributed by atoms with Gasteiger partial charge >= 0.3 is 0 Å². The zero-order valence-electron chi connectivity index (χ0n) is 12.9. The van der Waals surface area contributed by atoms with Crippen LogP contribution in [0.25, 0.3) is 0 Å². The summed E-state index contributed by atoms with van der Waals surface area (Å²) in [7, 11) is 0. The molecule has 0 aliphatic carbocycles. The first kappa shape index (κ1) is 14.6. The predicted octanol–water partition coefficient (Wildman–Crippen LogP) is 4.05. The number of H-pyrrole nitrogens is 1. The van der Waals surface area contributed by atoms with E-state index in [-0.39, 0.29) is 0 Å². The molecule has 108 valence electrons. The first-order valence-corrected chi connectivity index (χ1v) is 7.28. The molecule has 0 amide bonds. The van der Waals surface area contributed by atoms with E-state index in [0.29, 0.717) is 0 Å². The Hall–Kier alpha value is -1.77. The summed E-state index contributed by atoms with van der Waals surface area (Å²) in [5.74, 6) is 0.984. The van der Waals surface area contributed by atoms with Gasteiger partial charge < -0.3 is 4.74 Å². The fourth-order valence-corrected chi connectivity index (χ4v) is 2.55. The molecular formula is C17H24N2O. The summed E-state index contributed by atoms with van der Waals surface area (Å²) in [5.41, 5.74) is 6.18.